The molecule has 6 heteroatoms. The van der Waals surface area contributed by atoms with Crippen molar-refractivity contribution < 1.29 is 8.42 Å². The van der Waals surface area contributed by atoms with Gasteiger partial charge in [-0.2, -0.15) is 17.0 Å². The Hall–Kier alpha value is -0.430. The Morgan fingerprint density at radius 2 is 1.85 bits per heavy atom. The third-order valence-corrected chi connectivity index (χ3v) is 5.14. The van der Waals surface area contributed by atoms with E-state index in [0.29, 0.717) is 19.1 Å². The van der Waals surface area contributed by atoms with Gasteiger partial charge in [0.2, 0.25) is 0 Å². The summed E-state index contributed by atoms with van der Waals surface area (Å²) in [4.78, 5) is 0. The van der Waals surface area contributed by atoms with E-state index in [9.17, 15) is 8.42 Å². The van der Waals surface area contributed by atoms with Gasteiger partial charge in [0, 0.05) is 31.7 Å². The monoisotopic (exact) mass is 305 g/mol. The zero-order valence-corrected chi connectivity index (χ0v) is 14.6. The first kappa shape index (κ1) is 19.6. The van der Waals surface area contributed by atoms with Crippen LogP contribution in [0.2, 0.25) is 0 Å². The maximum atomic E-state index is 12.6. The smallest absolute Gasteiger partial charge is 0.282 e. The quantitative estimate of drug-likeness (QED) is 0.522. The summed E-state index contributed by atoms with van der Waals surface area (Å²) in [5, 5.41) is 3.29. The highest BCUT2D eigenvalue weighted by Gasteiger charge is 2.34. The van der Waals surface area contributed by atoms with E-state index in [2.05, 4.69) is 25.7 Å². The maximum Gasteiger partial charge on any atom is 0.282 e. The third-order valence-electron chi connectivity index (χ3n) is 2.92. The maximum absolute atomic E-state index is 12.6. The highest BCUT2D eigenvalue weighted by atomic mass is 32.2. The average Bonchev–Trinajstić information content (AvgIpc) is 2.29. The number of hydrogen-bond donors (Lipinski definition) is 1. The molecule has 20 heavy (non-hydrogen) atoms. The molecule has 0 fully saturated rings. The Bertz CT molecular complexity index is 386. The van der Waals surface area contributed by atoms with Gasteiger partial charge in [-0.15, -0.1) is 6.58 Å². The van der Waals surface area contributed by atoms with Crippen LogP contribution >= 0.6 is 0 Å². The molecule has 120 valence electrons. The van der Waals surface area contributed by atoms with Crippen molar-refractivity contribution in [3.05, 3.63) is 12.7 Å². The highest BCUT2D eigenvalue weighted by molar-refractivity contribution is 7.86. The average molecular weight is 305 g/mol. The minimum absolute atomic E-state index is 0.320. The van der Waals surface area contributed by atoms with E-state index in [-0.39, 0.29) is 0 Å². The van der Waals surface area contributed by atoms with Crippen LogP contribution in [0.25, 0.3) is 0 Å². The molecular formula is C14H31N3O2S. The van der Waals surface area contributed by atoms with E-state index >= 15 is 0 Å². The molecule has 0 aliphatic carbocycles. The first-order valence-corrected chi connectivity index (χ1v) is 8.51. The van der Waals surface area contributed by atoms with Crippen LogP contribution in [0, 0.1) is 0 Å². The Morgan fingerprint density at radius 3 is 2.25 bits per heavy atom. The van der Waals surface area contributed by atoms with Crippen molar-refractivity contribution in [2.75, 3.05) is 26.7 Å². The second-order valence-corrected chi connectivity index (χ2v) is 8.24. The van der Waals surface area contributed by atoms with E-state index in [1.165, 1.54) is 8.61 Å². The third kappa shape index (κ3) is 6.35. The first-order chi connectivity index (χ1) is 9.03. The summed E-state index contributed by atoms with van der Waals surface area (Å²) in [5.74, 6) is 0. The zero-order chi connectivity index (χ0) is 16.0. The van der Waals surface area contributed by atoms with Gasteiger partial charge in [-0.1, -0.05) is 19.9 Å². The fraction of sp³-hybridized carbons (Fsp3) is 0.857. The van der Waals surface area contributed by atoms with E-state index in [0.717, 1.165) is 13.0 Å². The largest absolute Gasteiger partial charge is 0.314 e. The second kappa shape index (κ2) is 8.12. The molecule has 0 atom stereocenters. The SMILES string of the molecule is C=CCN(C(C)(C)C)S(=O)(=O)N(C)CCCNC(C)C. The van der Waals surface area contributed by atoms with Crippen molar-refractivity contribution in [2.24, 2.45) is 0 Å². The normalized spacial score (nSPS) is 13.4. The van der Waals surface area contributed by atoms with E-state index in [1.54, 1.807) is 13.1 Å². The van der Waals surface area contributed by atoms with Gasteiger partial charge in [-0.3, -0.25) is 0 Å². The lowest BCUT2D eigenvalue weighted by Crippen LogP contribution is -2.51. The summed E-state index contributed by atoms with van der Waals surface area (Å²) in [7, 11) is -1.82. The van der Waals surface area contributed by atoms with Crippen molar-refractivity contribution in [3.63, 3.8) is 0 Å². The van der Waals surface area contributed by atoms with Crippen LogP contribution in [-0.2, 0) is 10.2 Å². The van der Waals surface area contributed by atoms with Crippen molar-refractivity contribution in [2.45, 2.75) is 52.6 Å². The van der Waals surface area contributed by atoms with Crippen molar-refractivity contribution in [1.29, 1.82) is 0 Å². The summed E-state index contributed by atoms with van der Waals surface area (Å²) in [6, 6.07) is 0.420. The summed E-state index contributed by atoms with van der Waals surface area (Å²) in [5.41, 5.74) is -0.461. The Balaban J connectivity index is 4.70. The van der Waals surface area contributed by atoms with Crippen LogP contribution in [0.1, 0.15) is 41.0 Å². The zero-order valence-electron chi connectivity index (χ0n) is 13.8. The number of rotatable bonds is 9. The summed E-state index contributed by atoms with van der Waals surface area (Å²) in [6.45, 7) is 15.1. The molecule has 1 N–H and O–H groups in total. The Kier molecular flexibility index (Phi) is 7.95. The molecule has 0 unspecified atom stereocenters. The molecular weight excluding hydrogens is 274 g/mol. The molecule has 0 spiro atoms. The molecule has 0 saturated heterocycles. The minimum Gasteiger partial charge on any atom is -0.314 e. The molecule has 0 aromatic rings. The lowest BCUT2D eigenvalue weighted by atomic mass is 10.1. The lowest BCUT2D eigenvalue weighted by Gasteiger charge is -2.36. The lowest BCUT2D eigenvalue weighted by molar-refractivity contribution is 0.249. The van der Waals surface area contributed by atoms with Gasteiger partial charge >= 0.3 is 0 Å². The molecule has 0 aliphatic heterocycles. The molecule has 0 saturated carbocycles. The molecule has 0 aromatic heterocycles. The van der Waals surface area contributed by atoms with Gasteiger partial charge in [-0.05, 0) is 33.7 Å². The van der Waals surface area contributed by atoms with Crippen LogP contribution < -0.4 is 5.32 Å². The van der Waals surface area contributed by atoms with E-state index < -0.39 is 15.7 Å². The first-order valence-electron chi connectivity index (χ1n) is 7.12. The van der Waals surface area contributed by atoms with Crippen LogP contribution in [0.3, 0.4) is 0 Å². The summed E-state index contributed by atoms with van der Waals surface area (Å²) < 4.78 is 28.1. The van der Waals surface area contributed by atoms with Gasteiger partial charge in [0.1, 0.15) is 0 Å². The van der Waals surface area contributed by atoms with Crippen LogP contribution in [0.4, 0.5) is 0 Å². The van der Waals surface area contributed by atoms with Crippen LogP contribution in [-0.4, -0.2) is 55.3 Å². The van der Waals surface area contributed by atoms with Crippen molar-refractivity contribution >= 4 is 10.2 Å². The summed E-state index contributed by atoms with van der Waals surface area (Å²) in [6.07, 6.45) is 2.41. The molecule has 0 amide bonds. The minimum atomic E-state index is -3.45. The van der Waals surface area contributed by atoms with Crippen molar-refractivity contribution in [1.82, 2.24) is 13.9 Å². The fourth-order valence-electron chi connectivity index (χ4n) is 1.81. The molecule has 0 aromatic carbocycles. The topological polar surface area (TPSA) is 52.7 Å². The summed E-state index contributed by atoms with van der Waals surface area (Å²) >= 11 is 0. The highest BCUT2D eigenvalue weighted by Crippen LogP contribution is 2.20. The van der Waals surface area contributed by atoms with E-state index in [4.69, 9.17) is 0 Å². The number of nitrogens with one attached hydrogen (secondary N) is 1. The fourth-order valence-corrected chi connectivity index (χ4v) is 3.49. The number of nitrogens with zero attached hydrogens (tertiary/aromatic N) is 2. The Labute approximate surface area is 125 Å². The van der Waals surface area contributed by atoms with Gasteiger partial charge in [0.25, 0.3) is 10.2 Å². The standard InChI is InChI=1S/C14H31N3O2S/c1-8-11-17(14(4,5)6)20(18,19)16(7)12-9-10-15-13(2)3/h8,13,15H,1,9-12H2,2-7H3. The molecule has 0 aliphatic rings. The molecule has 0 heterocycles. The van der Waals surface area contributed by atoms with Crippen LogP contribution in [0.15, 0.2) is 12.7 Å². The van der Waals surface area contributed by atoms with Gasteiger partial charge in [0.05, 0.1) is 0 Å². The predicted molar refractivity (Wildman–Crippen MR) is 86.0 cm³/mol. The van der Waals surface area contributed by atoms with Gasteiger partial charge in [-0.25, -0.2) is 0 Å². The van der Waals surface area contributed by atoms with Crippen LogP contribution in [0.5, 0.6) is 0 Å². The molecule has 0 bridgehead atoms. The van der Waals surface area contributed by atoms with Gasteiger partial charge in [0.15, 0.2) is 0 Å². The Morgan fingerprint density at radius 1 is 1.30 bits per heavy atom. The van der Waals surface area contributed by atoms with E-state index in [1.807, 2.05) is 20.8 Å². The molecule has 0 rings (SSSR count). The van der Waals surface area contributed by atoms with Crippen molar-refractivity contribution in [3.8, 4) is 0 Å². The molecule has 0 radical (unpaired) electrons. The van der Waals surface area contributed by atoms with Gasteiger partial charge < -0.3 is 5.32 Å². The second-order valence-electron chi connectivity index (χ2n) is 6.28. The predicted octanol–water partition coefficient (Wildman–Crippen LogP) is 1.84. The number of hydrogen-bond acceptors (Lipinski definition) is 3. The molecule has 5 nitrogen and oxygen atoms in total.